The second-order valence-electron chi connectivity index (χ2n) is 14.8. The summed E-state index contributed by atoms with van der Waals surface area (Å²) in [5.74, 6) is 0. The molecule has 0 bridgehead atoms. The molecule has 2 fully saturated rings. The minimum atomic E-state index is -0.414. The number of fused-ring (bicyclic) bond motifs is 1. The Morgan fingerprint density at radius 2 is 0.766 bits per heavy atom. The van der Waals surface area contributed by atoms with Gasteiger partial charge in [-0.15, -0.1) is 0 Å². The summed E-state index contributed by atoms with van der Waals surface area (Å²) in [6.07, 6.45) is 0. The fraction of sp³-hybridized carbons (Fsp3) is 0.300. The number of benzene rings is 5. The molecular formula is C40H43B2NO4. The van der Waals surface area contributed by atoms with Crippen LogP contribution in [0.5, 0.6) is 0 Å². The summed E-state index contributed by atoms with van der Waals surface area (Å²) in [6, 6.07) is 40.9. The molecular weight excluding hydrogens is 580 g/mol. The molecule has 2 aliphatic heterocycles. The maximum absolute atomic E-state index is 6.33. The van der Waals surface area contributed by atoms with Crippen LogP contribution in [-0.4, -0.2) is 36.6 Å². The highest BCUT2D eigenvalue weighted by Crippen LogP contribution is 2.39. The lowest BCUT2D eigenvalue weighted by atomic mass is 9.79. The van der Waals surface area contributed by atoms with Crippen LogP contribution in [0.15, 0.2) is 115 Å². The second kappa shape index (κ2) is 11.4. The van der Waals surface area contributed by atoms with Gasteiger partial charge in [0, 0.05) is 17.1 Å². The van der Waals surface area contributed by atoms with E-state index in [4.69, 9.17) is 18.6 Å². The van der Waals surface area contributed by atoms with Crippen LogP contribution in [0.25, 0.3) is 21.9 Å². The maximum atomic E-state index is 6.33. The van der Waals surface area contributed by atoms with E-state index in [1.165, 1.54) is 21.9 Å². The Labute approximate surface area is 280 Å². The number of nitrogens with zero attached hydrogens (tertiary/aromatic N) is 1. The summed E-state index contributed by atoms with van der Waals surface area (Å²) in [5.41, 5.74) is 5.90. The van der Waals surface area contributed by atoms with E-state index in [2.05, 4.69) is 176 Å². The summed E-state index contributed by atoms with van der Waals surface area (Å²) in [5, 5.41) is 2.48. The zero-order valence-electron chi connectivity index (χ0n) is 28.7. The number of hydrogen-bond donors (Lipinski definition) is 0. The molecule has 2 heterocycles. The third kappa shape index (κ3) is 5.80. The van der Waals surface area contributed by atoms with Crippen LogP contribution in [0.1, 0.15) is 55.4 Å². The molecule has 0 unspecified atom stereocenters. The van der Waals surface area contributed by atoms with Crippen molar-refractivity contribution in [1.29, 1.82) is 0 Å². The lowest BCUT2D eigenvalue weighted by Gasteiger charge is -2.32. The van der Waals surface area contributed by atoms with Crippen molar-refractivity contribution in [1.82, 2.24) is 0 Å². The largest absolute Gasteiger partial charge is 0.494 e. The minimum absolute atomic E-state index is 0.395. The number of rotatable bonds is 6. The van der Waals surface area contributed by atoms with Gasteiger partial charge in [-0.25, -0.2) is 0 Å². The standard InChI is InChI=1S/C40H43B2NO4/c1-37(2)38(3,4)45-41(44-37)32-17-23-35(24-18-32)43(36-25-19-33(20-26-36)42-46-39(5,6)40(7,8)47-42)34-21-15-29(16-22-34)31-14-13-28-11-9-10-12-30(28)27-31/h9-27H,1-8H3. The maximum Gasteiger partial charge on any atom is 0.494 e. The molecule has 0 N–H and O–H groups in total. The quantitative estimate of drug-likeness (QED) is 0.177. The van der Waals surface area contributed by atoms with E-state index in [1.54, 1.807) is 0 Å². The fourth-order valence-corrected chi connectivity index (χ4v) is 6.14. The van der Waals surface area contributed by atoms with E-state index in [9.17, 15) is 0 Å². The Kier molecular flexibility index (Phi) is 7.68. The van der Waals surface area contributed by atoms with Crippen molar-refractivity contribution in [3.05, 3.63) is 115 Å². The number of hydrogen-bond acceptors (Lipinski definition) is 5. The molecule has 2 saturated heterocycles. The summed E-state index contributed by atoms with van der Waals surface area (Å²) in [7, 11) is -0.828. The lowest BCUT2D eigenvalue weighted by Crippen LogP contribution is -2.41. The van der Waals surface area contributed by atoms with Crippen molar-refractivity contribution < 1.29 is 18.6 Å². The molecule has 5 nitrogen and oxygen atoms in total. The Bertz CT molecular complexity index is 1790. The van der Waals surface area contributed by atoms with Gasteiger partial charge in [0.25, 0.3) is 0 Å². The van der Waals surface area contributed by atoms with Gasteiger partial charge in [0.1, 0.15) is 0 Å². The highest BCUT2D eigenvalue weighted by atomic mass is 16.7. The molecule has 5 aromatic carbocycles. The van der Waals surface area contributed by atoms with Gasteiger partial charge in [0.05, 0.1) is 22.4 Å². The van der Waals surface area contributed by atoms with Gasteiger partial charge >= 0.3 is 14.2 Å². The van der Waals surface area contributed by atoms with Crippen LogP contribution in [0, 0.1) is 0 Å². The first kappa shape index (κ1) is 31.7. The van der Waals surface area contributed by atoms with Crippen molar-refractivity contribution in [3.63, 3.8) is 0 Å². The van der Waals surface area contributed by atoms with Crippen LogP contribution in [-0.2, 0) is 18.6 Å². The minimum Gasteiger partial charge on any atom is -0.399 e. The van der Waals surface area contributed by atoms with Crippen LogP contribution < -0.4 is 15.8 Å². The molecule has 238 valence electrons. The highest BCUT2D eigenvalue weighted by Gasteiger charge is 2.52. The third-order valence-corrected chi connectivity index (χ3v) is 10.6. The zero-order valence-corrected chi connectivity index (χ0v) is 28.7. The molecule has 7 heteroatoms. The second-order valence-corrected chi connectivity index (χ2v) is 14.8. The Balaban J connectivity index is 1.22. The first-order chi connectivity index (χ1) is 22.2. The van der Waals surface area contributed by atoms with E-state index in [0.717, 1.165) is 28.0 Å². The molecule has 0 spiro atoms. The molecule has 0 saturated carbocycles. The Morgan fingerprint density at radius 3 is 1.19 bits per heavy atom. The van der Waals surface area contributed by atoms with Crippen LogP contribution in [0.3, 0.4) is 0 Å². The molecule has 0 aliphatic carbocycles. The SMILES string of the molecule is CC1(C)OB(c2ccc(N(c3ccc(B4OC(C)(C)C(C)(C)O4)cc3)c3ccc(-c4ccc5ccccc5c4)cc3)cc2)OC1(C)C. The Hall–Kier alpha value is -3.87. The molecule has 0 radical (unpaired) electrons. The van der Waals surface area contributed by atoms with Crippen molar-refractivity contribution in [2.45, 2.75) is 77.8 Å². The normalized spacial score (nSPS) is 19.3. The summed E-state index contributed by atoms with van der Waals surface area (Å²) in [6.45, 7) is 16.7. The van der Waals surface area contributed by atoms with E-state index in [-0.39, 0.29) is 0 Å². The van der Waals surface area contributed by atoms with Gasteiger partial charge in [-0.2, -0.15) is 0 Å². The van der Waals surface area contributed by atoms with Crippen molar-refractivity contribution in [3.8, 4) is 11.1 Å². The monoisotopic (exact) mass is 623 g/mol. The summed E-state index contributed by atoms with van der Waals surface area (Å²) < 4.78 is 25.3. The molecule has 0 atom stereocenters. The predicted octanol–water partition coefficient (Wildman–Crippen LogP) is 8.58. The lowest BCUT2D eigenvalue weighted by molar-refractivity contribution is 0.00578. The topological polar surface area (TPSA) is 40.2 Å². The first-order valence-electron chi connectivity index (χ1n) is 16.5. The summed E-state index contributed by atoms with van der Waals surface area (Å²) >= 11 is 0. The fourth-order valence-electron chi connectivity index (χ4n) is 6.14. The third-order valence-electron chi connectivity index (χ3n) is 10.6. The molecule has 2 aliphatic rings. The van der Waals surface area contributed by atoms with Gasteiger partial charge in [0.2, 0.25) is 0 Å². The smallest absolute Gasteiger partial charge is 0.399 e. The van der Waals surface area contributed by atoms with Gasteiger partial charge in [0.15, 0.2) is 0 Å². The zero-order chi connectivity index (χ0) is 33.2. The summed E-state index contributed by atoms with van der Waals surface area (Å²) in [4.78, 5) is 2.27. The van der Waals surface area contributed by atoms with E-state index in [1.807, 2.05) is 0 Å². The average molecular weight is 623 g/mol. The van der Waals surface area contributed by atoms with E-state index in [0.29, 0.717) is 0 Å². The molecule has 47 heavy (non-hydrogen) atoms. The molecule has 5 aromatic rings. The van der Waals surface area contributed by atoms with E-state index >= 15 is 0 Å². The Morgan fingerprint density at radius 1 is 0.404 bits per heavy atom. The van der Waals surface area contributed by atoms with Crippen molar-refractivity contribution in [2.24, 2.45) is 0 Å². The highest BCUT2D eigenvalue weighted by molar-refractivity contribution is 6.62. The van der Waals surface area contributed by atoms with Gasteiger partial charge in [-0.3, -0.25) is 0 Å². The van der Waals surface area contributed by atoms with Gasteiger partial charge < -0.3 is 23.5 Å². The van der Waals surface area contributed by atoms with Crippen LogP contribution in [0.4, 0.5) is 17.1 Å². The van der Waals surface area contributed by atoms with Gasteiger partial charge in [-0.1, -0.05) is 72.8 Å². The molecule has 7 rings (SSSR count). The average Bonchev–Trinajstić information content (AvgIpc) is 3.41. The predicted molar refractivity (Wildman–Crippen MR) is 195 cm³/mol. The van der Waals surface area contributed by atoms with Gasteiger partial charge in [-0.05, 0) is 131 Å². The van der Waals surface area contributed by atoms with Crippen LogP contribution in [0.2, 0.25) is 0 Å². The first-order valence-corrected chi connectivity index (χ1v) is 16.5. The van der Waals surface area contributed by atoms with Crippen molar-refractivity contribution in [2.75, 3.05) is 4.90 Å². The van der Waals surface area contributed by atoms with E-state index < -0.39 is 36.6 Å². The molecule has 0 aromatic heterocycles. The molecule has 0 amide bonds. The number of anilines is 3. The van der Waals surface area contributed by atoms with Crippen molar-refractivity contribution >= 4 is 53.0 Å². The van der Waals surface area contributed by atoms with Crippen LogP contribution >= 0.6 is 0 Å².